The lowest BCUT2D eigenvalue weighted by Gasteiger charge is -2.17. The number of amidine groups is 1. The number of β-amino-alcohol motifs (C(OH)–C–C–N with tert-alkyl or cyclic N) is 1. The number of carboxylic acids is 1. The summed E-state index contributed by atoms with van der Waals surface area (Å²) in [5.41, 5.74) is 2.46. The highest BCUT2D eigenvalue weighted by Crippen LogP contribution is 2.20. The summed E-state index contributed by atoms with van der Waals surface area (Å²) in [7, 11) is 0. The van der Waals surface area contributed by atoms with Gasteiger partial charge >= 0.3 is 24.0 Å². The van der Waals surface area contributed by atoms with E-state index in [2.05, 4.69) is 20.9 Å². The molecule has 3 aromatic rings. The Morgan fingerprint density at radius 2 is 1.37 bits per heavy atom. The molecule has 6 N–H and O–H groups in total. The number of hydrogen-bond donors (Lipinski definition) is 6. The van der Waals surface area contributed by atoms with Gasteiger partial charge in [-0.15, -0.1) is 0 Å². The zero-order chi connectivity index (χ0) is 40.4. The van der Waals surface area contributed by atoms with E-state index in [0.29, 0.717) is 50.6 Å². The van der Waals surface area contributed by atoms with Crippen LogP contribution in [0.5, 0.6) is 0 Å². The number of fused-ring (bicyclic) bond motifs is 1. The first-order valence-electron chi connectivity index (χ1n) is 19.3. The molecule has 15 heteroatoms. The molecule has 0 unspecified atom stereocenters. The number of carbonyl (C=O) groups is 4. The standard InChI is InChI=1S/C42H51N5O10/c48-35-24-34-38(46-41(44-34)43-21-12-20-33(39(51)52)45-42(54)57-28-31-17-8-3-9-18-31)47(25-36(35)49)22-11-10-19-32(40(53)56-27-30-15-6-2-7-16-30)23-37(50)55-26-29-13-4-1-5-14-29/h1-9,13-18,32-36,48-49H,10-12,19-28H2,(H3,43,44,45,51,52,54)/p+1/t32-,33+,34-,35+,36-/m1/s1. The lowest BCUT2D eigenvalue weighted by atomic mass is 9.98. The smallest absolute Gasteiger partial charge is 0.408 e. The quantitative estimate of drug-likeness (QED) is 0.0423. The van der Waals surface area contributed by atoms with Crippen molar-refractivity contribution < 1.29 is 53.3 Å². The number of aliphatic hydroxyl groups excluding tert-OH is 2. The molecular weight excluding hydrogens is 734 g/mol. The van der Waals surface area contributed by atoms with Crippen molar-refractivity contribution in [3.8, 4) is 0 Å². The zero-order valence-electron chi connectivity index (χ0n) is 31.8. The van der Waals surface area contributed by atoms with E-state index in [4.69, 9.17) is 14.2 Å². The van der Waals surface area contributed by atoms with Crippen LogP contribution in [0.1, 0.15) is 61.6 Å². The molecule has 57 heavy (non-hydrogen) atoms. The van der Waals surface area contributed by atoms with Crippen molar-refractivity contribution in [1.82, 2.24) is 16.0 Å². The highest BCUT2D eigenvalue weighted by atomic mass is 16.6. The van der Waals surface area contributed by atoms with Gasteiger partial charge in [-0.1, -0.05) is 91.0 Å². The summed E-state index contributed by atoms with van der Waals surface area (Å²) < 4.78 is 18.2. The number of nitrogens with one attached hydrogen (secondary N) is 3. The van der Waals surface area contributed by atoms with Gasteiger partial charge in [0.1, 0.15) is 38.5 Å². The Kier molecular flexibility index (Phi) is 16.4. The molecule has 5 atom stereocenters. The number of aliphatic carboxylic acids is 1. The van der Waals surface area contributed by atoms with Gasteiger partial charge in [0.2, 0.25) is 0 Å². The molecule has 5 rings (SSSR count). The number of alkyl carbamates (subject to hydrolysis) is 1. The second-order valence-electron chi connectivity index (χ2n) is 14.1. The monoisotopic (exact) mass is 786 g/mol. The van der Waals surface area contributed by atoms with Gasteiger partial charge in [-0.3, -0.25) is 14.2 Å². The Labute approximate surface area is 331 Å². The largest absolute Gasteiger partial charge is 0.480 e. The number of amides is 1. The molecule has 0 aliphatic carbocycles. The van der Waals surface area contributed by atoms with Crippen LogP contribution in [-0.2, 0) is 48.4 Å². The molecular formula is C42H52N5O10+. The van der Waals surface area contributed by atoms with Gasteiger partial charge in [0.15, 0.2) is 6.04 Å². The molecule has 0 aromatic heterocycles. The van der Waals surface area contributed by atoms with E-state index in [0.717, 1.165) is 16.7 Å². The first-order chi connectivity index (χ1) is 27.6. The van der Waals surface area contributed by atoms with E-state index < -0.39 is 54.2 Å². The second-order valence-corrected chi connectivity index (χ2v) is 14.1. The van der Waals surface area contributed by atoms with Crippen LogP contribution in [0.15, 0.2) is 96.0 Å². The lowest BCUT2D eigenvalue weighted by Crippen LogP contribution is -2.44. The molecule has 0 bridgehead atoms. The molecule has 2 aliphatic heterocycles. The average molecular weight is 787 g/mol. The summed E-state index contributed by atoms with van der Waals surface area (Å²) in [5, 5.41) is 39.8. The molecule has 1 amide bonds. The minimum atomic E-state index is -1.18. The fourth-order valence-electron chi connectivity index (χ4n) is 6.56. The van der Waals surface area contributed by atoms with E-state index in [9.17, 15) is 34.5 Å². The summed E-state index contributed by atoms with van der Waals surface area (Å²) >= 11 is 0. The Bertz CT molecular complexity index is 1830. The highest BCUT2D eigenvalue weighted by Gasteiger charge is 2.40. The number of aliphatic hydroxyl groups is 2. The van der Waals surface area contributed by atoms with Crippen LogP contribution >= 0.6 is 0 Å². The maximum atomic E-state index is 13.2. The molecule has 0 spiro atoms. The summed E-state index contributed by atoms with van der Waals surface area (Å²) in [6, 6.07) is 26.1. The number of hydrogen-bond acceptors (Lipinski definition) is 12. The number of nitrogens with zero attached hydrogens (tertiary/aromatic N) is 2. The van der Waals surface area contributed by atoms with Gasteiger partial charge in [0, 0.05) is 13.0 Å². The first kappa shape index (κ1) is 42.3. The topological polar surface area (TPSA) is 208 Å². The molecule has 15 nitrogen and oxygen atoms in total. The van der Waals surface area contributed by atoms with Gasteiger partial charge in [0.25, 0.3) is 11.8 Å². The van der Waals surface area contributed by atoms with E-state index in [-0.39, 0.29) is 45.6 Å². The molecule has 0 fully saturated rings. The van der Waals surface area contributed by atoms with Crippen LogP contribution < -0.4 is 16.0 Å². The number of unbranched alkanes of at least 4 members (excludes halogenated alkanes) is 1. The first-order valence-corrected chi connectivity index (χ1v) is 19.3. The molecule has 3 aromatic carbocycles. The summed E-state index contributed by atoms with van der Waals surface area (Å²) in [6.45, 7) is 1.19. The van der Waals surface area contributed by atoms with E-state index >= 15 is 0 Å². The van der Waals surface area contributed by atoms with Gasteiger partial charge in [0.05, 0.1) is 25.0 Å². The normalized spacial score (nSPS) is 18.5. The Morgan fingerprint density at radius 3 is 1.98 bits per heavy atom. The molecule has 2 heterocycles. The SMILES string of the molecule is O=C(C[C@@H](CCCC[N+]1=C2NC(NCCC[C@H](NC(=O)OCc3ccccc3)C(=O)O)=N[C@@H]2C[C@H](O)[C@H](O)C1)C(=O)OCc1ccccc1)OCc1ccccc1. The lowest BCUT2D eigenvalue weighted by molar-refractivity contribution is -0.539. The highest BCUT2D eigenvalue weighted by molar-refractivity contribution is 6.05. The van der Waals surface area contributed by atoms with Crippen LogP contribution in [0.25, 0.3) is 0 Å². The Balaban J connectivity index is 1.11. The number of guanidine groups is 1. The average Bonchev–Trinajstić information content (AvgIpc) is 3.58. The minimum Gasteiger partial charge on any atom is -0.480 e. The third kappa shape index (κ3) is 14.0. The number of esters is 2. The number of carboxylic acid groups (broad SMARTS) is 1. The third-order valence-electron chi connectivity index (χ3n) is 9.71. The minimum absolute atomic E-state index is 0.0190. The Morgan fingerprint density at radius 1 is 0.772 bits per heavy atom. The third-order valence-corrected chi connectivity index (χ3v) is 9.71. The van der Waals surface area contributed by atoms with E-state index in [1.54, 1.807) is 12.1 Å². The van der Waals surface area contributed by atoms with Crippen LogP contribution in [0.4, 0.5) is 4.79 Å². The van der Waals surface area contributed by atoms with Gasteiger partial charge < -0.3 is 40.2 Å². The van der Waals surface area contributed by atoms with Crippen molar-refractivity contribution in [2.75, 3.05) is 19.6 Å². The predicted octanol–water partition coefficient (Wildman–Crippen LogP) is 3.26. The second kappa shape index (κ2) is 22.1. The van der Waals surface area contributed by atoms with Crippen LogP contribution in [0.2, 0.25) is 0 Å². The fraction of sp³-hybridized carbons (Fsp3) is 0.429. The number of aliphatic imine (C=N–C) groups is 1. The van der Waals surface area contributed by atoms with Crippen LogP contribution in [-0.4, -0.2) is 99.6 Å². The summed E-state index contributed by atoms with van der Waals surface area (Å²) in [6.07, 6.45) is -0.696. The van der Waals surface area contributed by atoms with Crippen molar-refractivity contribution in [2.45, 2.75) is 89.1 Å². The van der Waals surface area contributed by atoms with Gasteiger partial charge in [-0.25, -0.2) is 19.9 Å². The zero-order valence-corrected chi connectivity index (χ0v) is 31.8. The maximum absolute atomic E-state index is 13.2. The van der Waals surface area contributed by atoms with Gasteiger partial charge in [-0.2, -0.15) is 0 Å². The van der Waals surface area contributed by atoms with Crippen molar-refractivity contribution in [1.29, 1.82) is 0 Å². The predicted molar refractivity (Wildman–Crippen MR) is 209 cm³/mol. The molecule has 0 saturated carbocycles. The summed E-state index contributed by atoms with van der Waals surface area (Å²) in [5.74, 6) is -1.71. The molecule has 0 radical (unpaired) electrons. The number of benzene rings is 3. The Hall–Kier alpha value is -5.80. The van der Waals surface area contributed by atoms with Crippen LogP contribution in [0.3, 0.4) is 0 Å². The molecule has 0 saturated heterocycles. The summed E-state index contributed by atoms with van der Waals surface area (Å²) in [4.78, 5) is 54.8. The number of carbonyl (C=O) groups excluding carboxylic acids is 3. The fourth-order valence-corrected chi connectivity index (χ4v) is 6.56. The van der Waals surface area contributed by atoms with E-state index in [1.807, 2.05) is 83.4 Å². The van der Waals surface area contributed by atoms with Crippen molar-refractivity contribution in [3.63, 3.8) is 0 Å². The van der Waals surface area contributed by atoms with Gasteiger partial charge in [-0.05, 0) is 48.8 Å². The molecule has 2 aliphatic rings. The maximum Gasteiger partial charge on any atom is 0.408 e. The van der Waals surface area contributed by atoms with E-state index in [1.165, 1.54) is 0 Å². The van der Waals surface area contributed by atoms with Crippen molar-refractivity contribution in [2.24, 2.45) is 10.9 Å². The van der Waals surface area contributed by atoms with Crippen molar-refractivity contribution in [3.05, 3.63) is 108 Å². The molecule has 304 valence electrons. The van der Waals surface area contributed by atoms with Crippen LogP contribution in [0, 0.1) is 5.92 Å². The number of rotatable bonds is 20. The number of ether oxygens (including phenoxy) is 3. The van der Waals surface area contributed by atoms with Crippen molar-refractivity contribution >= 4 is 35.8 Å².